The number of carbonyl (C=O) groups is 1. The summed E-state index contributed by atoms with van der Waals surface area (Å²) in [5.74, 6) is 1.13. The minimum absolute atomic E-state index is 0.248. The van der Waals surface area contributed by atoms with Gasteiger partial charge in [-0.3, -0.25) is 4.79 Å². The molecule has 2 saturated carbocycles. The first-order valence-electron chi connectivity index (χ1n) is 8.28. The molecule has 0 heterocycles. The van der Waals surface area contributed by atoms with Crippen molar-refractivity contribution >= 4 is 37.6 Å². The summed E-state index contributed by atoms with van der Waals surface area (Å²) in [6.07, 6.45) is 4.25. The van der Waals surface area contributed by atoms with Crippen molar-refractivity contribution in [1.29, 1.82) is 0 Å². The van der Waals surface area contributed by atoms with Crippen LogP contribution in [0.15, 0.2) is 57.5 Å². The molecule has 2 aromatic rings. The van der Waals surface area contributed by atoms with Crippen molar-refractivity contribution in [3.8, 4) is 0 Å². The minimum atomic E-state index is -0.248. The molecule has 1 atom stereocenters. The molecule has 0 saturated heterocycles. The maximum absolute atomic E-state index is 11.5. The van der Waals surface area contributed by atoms with Gasteiger partial charge in [0.05, 0.1) is 6.10 Å². The number of halogens is 2. The average molecular weight is 452 g/mol. The Bertz CT molecular complexity index is 721. The molecule has 1 unspecified atom stereocenters. The van der Waals surface area contributed by atoms with Gasteiger partial charge in [0.15, 0.2) is 5.78 Å². The van der Waals surface area contributed by atoms with E-state index in [1.165, 1.54) is 12.8 Å². The smallest absolute Gasteiger partial charge is 0.165 e. The van der Waals surface area contributed by atoms with Gasteiger partial charge in [0.25, 0.3) is 0 Å². The lowest BCUT2D eigenvalue weighted by atomic mass is 10.1. The van der Waals surface area contributed by atoms with Gasteiger partial charge in [0.1, 0.15) is 0 Å². The van der Waals surface area contributed by atoms with Crippen LogP contribution in [0.4, 0.5) is 0 Å². The van der Waals surface area contributed by atoms with Crippen LogP contribution in [0.1, 0.15) is 47.7 Å². The molecule has 0 bridgehead atoms. The van der Waals surface area contributed by atoms with Crippen LogP contribution in [-0.4, -0.2) is 10.9 Å². The molecule has 2 fully saturated rings. The van der Waals surface area contributed by atoms with Gasteiger partial charge >= 0.3 is 0 Å². The lowest BCUT2D eigenvalue weighted by molar-refractivity contribution is 0.0967. The predicted molar refractivity (Wildman–Crippen MR) is 103 cm³/mol. The van der Waals surface area contributed by atoms with E-state index in [0.717, 1.165) is 32.9 Å². The first-order valence-corrected chi connectivity index (χ1v) is 9.86. The van der Waals surface area contributed by atoms with Gasteiger partial charge in [0.2, 0.25) is 0 Å². The molecule has 4 heteroatoms. The van der Waals surface area contributed by atoms with E-state index < -0.39 is 0 Å². The fourth-order valence-corrected chi connectivity index (χ4v) is 3.41. The zero-order chi connectivity index (χ0) is 17.1. The van der Waals surface area contributed by atoms with Crippen LogP contribution in [0, 0.1) is 11.8 Å². The Morgan fingerprint density at radius 3 is 2.12 bits per heavy atom. The highest BCUT2D eigenvalue weighted by molar-refractivity contribution is 9.10. The molecule has 0 spiro atoms. The Kier molecular flexibility index (Phi) is 5.90. The van der Waals surface area contributed by atoms with Crippen molar-refractivity contribution in [2.24, 2.45) is 11.8 Å². The number of aliphatic hydroxyl groups is 1. The zero-order valence-electron chi connectivity index (χ0n) is 13.3. The van der Waals surface area contributed by atoms with E-state index in [1.54, 1.807) is 0 Å². The Balaban J connectivity index is 0.000000141. The number of rotatable bonds is 4. The number of benzene rings is 2. The van der Waals surface area contributed by atoms with Crippen LogP contribution in [0.5, 0.6) is 0 Å². The normalized spacial score (nSPS) is 17.6. The van der Waals surface area contributed by atoms with Gasteiger partial charge in [-0.1, -0.05) is 56.1 Å². The second-order valence-electron chi connectivity index (χ2n) is 6.49. The summed E-state index contributed by atoms with van der Waals surface area (Å²) in [5, 5.41) is 9.76. The molecule has 2 nitrogen and oxygen atoms in total. The molecule has 0 aliphatic heterocycles. The fourth-order valence-electron chi connectivity index (χ4n) is 2.60. The van der Waals surface area contributed by atoms with Crippen molar-refractivity contribution in [1.82, 2.24) is 0 Å². The molecule has 2 aromatic carbocycles. The van der Waals surface area contributed by atoms with Gasteiger partial charge in [-0.2, -0.15) is 0 Å². The van der Waals surface area contributed by atoms with Crippen molar-refractivity contribution < 1.29 is 9.90 Å². The van der Waals surface area contributed by atoms with Crippen LogP contribution < -0.4 is 0 Å². The number of aliphatic hydroxyl groups excluding tert-OH is 1. The van der Waals surface area contributed by atoms with E-state index in [9.17, 15) is 9.90 Å². The van der Waals surface area contributed by atoms with Gasteiger partial charge in [-0.25, -0.2) is 0 Å². The van der Waals surface area contributed by atoms with Crippen LogP contribution >= 0.6 is 31.9 Å². The van der Waals surface area contributed by atoms with Gasteiger partial charge in [0, 0.05) is 20.4 Å². The van der Waals surface area contributed by atoms with Crippen molar-refractivity contribution in [3.05, 3.63) is 68.6 Å². The molecule has 0 amide bonds. The Labute approximate surface area is 159 Å². The van der Waals surface area contributed by atoms with Crippen molar-refractivity contribution in [3.63, 3.8) is 0 Å². The summed E-state index contributed by atoms with van der Waals surface area (Å²) in [4.78, 5) is 11.5. The first-order chi connectivity index (χ1) is 11.5. The van der Waals surface area contributed by atoms with Crippen molar-refractivity contribution in [2.75, 3.05) is 0 Å². The lowest BCUT2D eigenvalue weighted by Crippen LogP contribution is -2.00. The van der Waals surface area contributed by atoms with Gasteiger partial charge in [-0.15, -0.1) is 0 Å². The second kappa shape index (κ2) is 7.94. The van der Waals surface area contributed by atoms with Crippen molar-refractivity contribution in [2.45, 2.75) is 31.8 Å². The molecular weight excluding hydrogens is 432 g/mol. The number of hydrogen-bond donors (Lipinski definition) is 1. The molecular formula is C20H20Br2O2. The quantitative estimate of drug-likeness (QED) is 0.584. The van der Waals surface area contributed by atoms with Crippen LogP contribution in [0.25, 0.3) is 0 Å². The van der Waals surface area contributed by atoms with E-state index >= 15 is 0 Å². The average Bonchev–Trinajstić information content (AvgIpc) is 3.47. The summed E-state index contributed by atoms with van der Waals surface area (Å²) >= 11 is 6.74. The molecule has 126 valence electrons. The largest absolute Gasteiger partial charge is 0.388 e. The third-order valence-corrected chi connectivity index (χ3v) is 5.30. The molecule has 24 heavy (non-hydrogen) atoms. The summed E-state index contributed by atoms with van der Waals surface area (Å²) in [7, 11) is 0. The second-order valence-corrected chi connectivity index (χ2v) is 8.32. The van der Waals surface area contributed by atoms with E-state index in [0.29, 0.717) is 17.6 Å². The third kappa shape index (κ3) is 5.01. The van der Waals surface area contributed by atoms with Crippen LogP contribution in [0.3, 0.4) is 0 Å². The SMILES string of the molecule is O=C(c1cccc(Br)c1)C1CC1.OC(c1cccc(Br)c1)C1CC1. The molecule has 0 radical (unpaired) electrons. The van der Waals surface area contributed by atoms with Gasteiger partial charge in [-0.05, 0) is 61.4 Å². The zero-order valence-corrected chi connectivity index (χ0v) is 16.5. The molecule has 1 N–H and O–H groups in total. The van der Waals surface area contributed by atoms with E-state index in [-0.39, 0.29) is 6.10 Å². The van der Waals surface area contributed by atoms with E-state index in [2.05, 4.69) is 31.9 Å². The topological polar surface area (TPSA) is 37.3 Å². The fraction of sp³-hybridized carbons (Fsp3) is 0.350. The van der Waals surface area contributed by atoms with Crippen LogP contribution in [0.2, 0.25) is 0 Å². The highest BCUT2D eigenvalue weighted by Crippen LogP contribution is 2.41. The number of carbonyl (C=O) groups excluding carboxylic acids is 1. The third-order valence-electron chi connectivity index (χ3n) is 4.32. The summed E-state index contributed by atoms with van der Waals surface area (Å²) in [6.45, 7) is 0. The molecule has 2 aliphatic carbocycles. The predicted octanol–water partition coefficient (Wildman–Crippen LogP) is 5.93. The molecule has 4 rings (SSSR count). The Morgan fingerprint density at radius 2 is 1.58 bits per heavy atom. The maximum atomic E-state index is 11.5. The van der Waals surface area contributed by atoms with Crippen LogP contribution in [-0.2, 0) is 0 Å². The monoisotopic (exact) mass is 450 g/mol. The Hall–Kier alpha value is -0.970. The standard InChI is InChI=1S/C10H11BrO.C10H9BrO/c2*11-9-3-1-2-8(6-9)10(12)7-4-5-7/h1-3,6-7,10,12H,4-5H2;1-3,6-7H,4-5H2. The summed E-state index contributed by atoms with van der Waals surface area (Å²) < 4.78 is 2.02. The Morgan fingerprint density at radius 1 is 0.958 bits per heavy atom. The van der Waals surface area contributed by atoms with E-state index in [4.69, 9.17) is 0 Å². The van der Waals surface area contributed by atoms with Gasteiger partial charge < -0.3 is 5.11 Å². The van der Waals surface area contributed by atoms with E-state index in [1.807, 2.05) is 48.5 Å². The molecule has 2 aliphatic rings. The summed E-state index contributed by atoms with van der Waals surface area (Å²) in [5.41, 5.74) is 1.87. The highest BCUT2D eigenvalue weighted by Gasteiger charge is 2.31. The maximum Gasteiger partial charge on any atom is 0.165 e. The minimum Gasteiger partial charge on any atom is -0.388 e. The first kappa shape index (κ1) is 17.8. The number of Topliss-reactive ketones (excluding diaryl/α,β-unsaturated/α-hetero) is 1. The lowest BCUT2D eigenvalue weighted by Gasteiger charge is -2.08. The molecule has 0 aromatic heterocycles. The number of ketones is 1. The number of hydrogen-bond acceptors (Lipinski definition) is 2. The highest BCUT2D eigenvalue weighted by atomic mass is 79.9. The summed E-state index contributed by atoms with van der Waals surface area (Å²) in [6, 6.07) is 15.5.